The van der Waals surface area contributed by atoms with Crippen molar-refractivity contribution in [2.24, 2.45) is 17.3 Å². The van der Waals surface area contributed by atoms with Crippen molar-refractivity contribution in [2.75, 3.05) is 7.11 Å². The molecule has 142 valence electrons. The van der Waals surface area contributed by atoms with E-state index in [4.69, 9.17) is 4.74 Å². The number of methoxy groups -OCH3 is 1. The lowest BCUT2D eigenvalue weighted by molar-refractivity contribution is 0.0327. The molecule has 0 aromatic carbocycles. The largest absolute Gasteiger partial charge is 0.477 e. The van der Waals surface area contributed by atoms with E-state index in [0.717, 1.165) is 36.1 Å². The van der Waals surface area contributed by atoms with Crippen LogP contribution in [0.3, 0.4) is 0 Å². The third kappa shape index (κ3) is 5.72. The van der Waals surface area contributed by atoms with Crippen molar-refractivity contribution < 1.29 is 14.6 Å². The first kappa shape index (κ1) is 20.7. The van der Waals surface area contributed by atoms with Gasteiger partial charge < -0.3 is 9.84 Å². The first-order valence-corrected chi connectivity index (χ1v) is 10.1. The Labute approximate surface area is 161 Å². The lowest BCUT2D eigenvalue weighted by Gasteiger charge is -2.32. The van der Waals surface area contributed by atoms with Gasteiger partial charge in [-0.15, -0.1) is 17.9 Å². The average Bonchev–Trinajstić information content (AvgIpc) is 3.01. The number of ether oxygens (including phenoxy) is 1. The van der Waals surface area contributed by atoms with Gasteiger partial charge in [0.25, 0.3) is 0 Å². The van der Waals surface area contributed by atoms with Crippen LogP contribution in [-0.4, -0.2) is 24.3 Å². The predicted octanol–water partition coefficient (Wildman–Crippen LogP) is 5.39. The number of hydrogen-bond donors (Lipinski definition) is 1. The Morgan fingerprint density at radius 2 is 2.08 bits per heavy atom. The lowest BCUT2D eigenvalue weighted by Crippen LogP contribution is -2.29. The number of carboxylic acid groups (broad SMARTS) is 1. The van der Waals surface area contributed by atoms with Crippen LogP contribution in [0.15, 0.2) is 18.7 Å². The van der Waals surface area contributed by atoms with Crippen LogP contribution < -0.4 is 0 Å². The van der Waals surface area contributed by atoms with E-state index in [1.54, 1.807) is 7.11 Å². The molecule has 1 saturated carbocycles. The molecule has 1 aromatic heterocycles. The molecule has 0 spiro atoms. The summed E-state index contributed by atoms with van der Waals surface area (Å²) in [4.78, 5) is 12.9. The molecular formula is C22H30O3S. The highest BCUT2D eigenvalue weighted by Gasteiger charge is 2.28. The van der Waals surface area contributed by atoms with Crippen molar-refractivity contribution >= 4 is 17.3 Å². The Kier molecular flexibility index (Phi) is 7.08. The van der Waals surface area contributed by atoms with Crippen LogP contribution in [0.25, 0.3) is 0 Å². The smallest absolute Gasteiger partial charge is 0.346 e. The number of hydrogen-bond acceptors (Lipinski definition) is 3. The van der Waals surface area contributed by atoms with Crippen LogP contribution in [0, 0.1) is 29.1 Å². The lowest BCUT2D eigenvalue weighted by atomic mass is 9.78. The number of thiophene rings is 1. The molecule has 1 unspecified atom stereocenters. The van der Waals surface area contributed by atoms with Gasteiger partial charge in [0.2, 0.25) is 0 Å². The van der Waals surface area contributed by atoms with E-state index >= 15 is 0 Å². The minimum atomic E-state index is -0.876. The fourth-order valence-corrected chi connectivity index (χ4v) is 4.37. The fraction of sp³-hybridized carbons (Fsp3) is 0.591. The van der Waals surface area contributed by atoms with Gasteiger partial charge in [-0.1, -0.05) is 17.9 Å². The molecule has 1 aromatic rings. The molecule has 1 heterocycles. The molecule has 1 aliphatic carbocycles. The Bertz CT molecular complexity index is 691. The number of carbonyl (C=O) groups is 1. The molecule has 4 heteroatoms. The highest BCUT2D eigenvalue weighted by Crippen LogP contribution is 2.34. The van der Waals surface area contributed by atoms with E-state index in [-0.39, 0.29) is 11.5 Å². The number of aromatic carboxylic acids is 1. The molecule has 2 rings (SSSR count). The second-order valence-corrected chi connectivity index (χ2v) is 9.21. The van der Waals surface area contributed by atoms with Crippen molar-refractivity contribution in [1.82, 2.24) is 0 Å². The normalized spacial score (nSPS) is 21.5. The van der Waals surface area contributed by atoms with Crippen molar-refractivity contribution in [3.63, 3.8) is 0 Å². The number of allylic oxidation sites excluding steroid dienone is 1. The summed E-state index contributed by atoms with van der Waals surface area (Å²) in [5.74, 6) is 6.53. The van der Waals surface area contributed by atoms with Gasteiger partial charge in [0.05, 0.1) is 11.0 Å². The summed E-state index contributed by atoms with van der Waals surface area (Å²) in [7, 11) is 1.73. The van der Waals surface area contributed by atoms with Crippen LogP contribution in [0.5, 0.6) is 0 Å². The SMILES string of the molecule is C=CC1CCC(C(Cc2cc(C#CC(C)(C)C)sc2C(=O)O)OC)CC1. The van der Waals surface area contributed by atoms with Crippen LogP contribution in [0.4, 0.5) is 0 Å². The van der Waals surface area contributed by atoms with Gasteiger partial charge in [-0.3, -0.25) is 0 Å². The molecule has 3 nitrogen and oxygen atoms in total. The van der Waals surface area contributed by atoms with Gasteiger partial charge in [0, 0.05) is 18.9 Å². The van der Waals surface area contributed by atoms with Crippen LogP contribution in [0.2, 0.25) is 0 Å². The first-order chi connectivity index (χ1) is 12.2. The standard InChI is InChI=1S/C22H30O3S/c1-6-15-7-9-16(10-8-15)19(25-5)14-17-13-18(11-12-22(2,3)4)26-20(17)21(23)24/h6,13,15-16,19H,1,7-10,14H2,2-5H3,(H,23,24). The van der Waals surface area contributed by atoms with E-state index in [9.17, 15) is 9.90 Å². The molecule has 0 radical (unpaired) electrons. The first-order valence-electron chi connectivity index (χ1n) is 9.28. The zero-order valence-electron chi connectivity index (χ0n) is 16.3. The fourth-order valence-electron chi connectivity index (χ4n) is 3.48. The summed E-state index contributed by atoms with van der Waals surface area (Å²) in [6.07, 6.45) is 7.25. The average molecular weight is 375 g/mol. The second-order valence-electron chi connectivity index (χ2n) is 8.16. The minimum Gasteiger partial charge on any atom is -0.477 e. The molecule has 1 N–H and O–H groups in total. The second kappa shape index (κ2) is 8.88. The van der Waals surface area contributed by atoms with Gasteiger partial charge in [0.1, 0.15) is 4.88 Å². The summed E-state index contributed by atoms with van der Waals surface area (Å²) in [6.45, 7) is 10.0. The number of rotatable bonds is 6. The Hall–Kier alpha value is -1.57. The molecule has 1 atom stereocenters. The third-order valence-corrected chi connectivity index (χ3v) is 6.04. The zero-order chi connectivity index (χ0) is 19.3. The highest BCUT2D eigenvalue weighted by molar-refractivity contribution is 7.14. The maximum absolute atomic E-state index is 11.7. The molecule has 0 amide bonds. The van der Waals surface area contributed by atoms with Crippen LogP contribution >= 0.6 is 11.3 Å². The minimum absolute atomic E-state index is 0.0527. The van der Waals surface area contributed by atoms with Gasteiger partial charge in [-0.25, -0.2) is 4.79 Å². The summed E-state index contributed by atoms with van der Waals surface area (Å²) in [6, 6.07) is 1.94. The van der Waals surface area contributed by atoms with E-state index in [1.165, 1.54) is 11.3 Å². The molecule has 26 heavy (non-hydrogen) atoms. The Balaban J connectivity index is 2.17. The third-order valence-electron chi connectivity index (χ3n) is 4.96. The monoisotopic (exact) mass is 374 g/mol. The zero-order valence-corrected chi connectivity index (χ0v) is 17.1. The van der Waals surface area contributed by atoms with Crippen LogP contribution in [0.1, 0.15) is 66.6 Å². The van der Waals surface area contributed by atoms with E-state index in [2.05, 4.69) is 24.5 Å². The van der Waals surface area contributed by atoms with Crippen LogP contribution in [-0.2, 0) is 11.2 Å². The predicted molar refractivity (Wildman–Crippen MR) is 108 cm³/mol. The van der Waals surface area contributed by atoms with Crippen molar-refractivity contribution in [3.8, 4) is 11.8 Å². The molecule has 1 aliphatic rings. The van der Waals surface area contributed by atoms with E-state index in [1.807, 2.05) is 26.8 Å². The van der Waals surface area contributed by atoms with Gasteiger partial charge >= 0.3 is 5.97 Å². The molecule has 0 aliphatic heterocycles. The quantitative estimate of drug-likeness (QED) is 0.536. The highest BCUT2D eigenvalue weighted by atomic mass is 32.1. The summed E-state index contributed by atoms with van der Waals surface area (Å²) < 4.78 is 5.77. The van der Waals surface area contributed by atoms with E-state index < -0.39 is 5.97 Å². The molecule has 0 saturated heterocycles. The van der Waals surface area contributed by atoms with Crippen molar-refractivity contribution in [2.45, 2.75) is 59.0 Å². The summed E-state index contributed by atoms with van der Waals surface area (Å²) >= 11 is 1.27. The molecule has 1 fully saturated rings. The van der Waals surface area contributed by atoms with Crippen molar-refractivity contribution in [1.29, 1.82) is 0 Å². The van der Waals surface area contributed by atoms with E-state index in [0.29, 0.717) is 23.1 Å². The maximum Gasteiger partial charge on any atom is 0.346 e. The Morgan fingerprint density at radius 3 is 2.58 bits per heavy atom. The topological polar surface area (TPSA) is 46.5 Å². The number of carboxylic acids is 1. The maximum atomic E-state index is 11.7. The van der Waals surface area contributed by atoms with Gasteiger partial charge in [-0.2, -0.15) is 0 Å². The van der Waals surface area contributed by atoms with Crippen molar-refractivity contribution in [3.05, 3.63) is 34.0 Å². The summed E-state index contributed by atoms with van der Waals surface area (Å²) in [5.41, 5.74) is 0.741. The summed E-state index contributed by atoms with van der Waals surface area (Å²) in [5, 5.41) is 9.58. The van der Waals surface area contributed by atoms with Gasteiger partial charge in [0.15, 0.2) is 0 Å². The molecule has 0 bridgehead atoms. The Morgan fingerprint density at radius 1 is 1.42 bits per heavy atom. The molecular weight excluding hydrogens is 344 g/mol. The van der Waals surface area contributed by atoms with Gasteiger partial charge in [-0.05, 0) is 69.9 Å².